The van der Waals surface area contributed by atoms with Crippen molar-refractivity contribution in [3.8, 4) is 0 Å². The zero-order valence-corrected chi connectivity index (χ0v) is 11.6. The van der Waals surface area contributed by atoms with E-state index in [0.717, 1.165) is 11.1 Å². The number of nitrogens with zero attached hydrogens (tertiary/aromatic N) is 1. The van der Waals surface area contributed by atoms with Crippen LogP contribution in [0.15, 0.2) is 42.5 Å². The lowest BCUT2D eigenvalue weighted by Gasteiger charge is -2.19. The molecule has 1 N–H and O–H groups in total. The van der Waals surface area contributed by atoms with Gasteiger partial charge < -0.3 is 4.90 Å². The van der Waals surface area contributed by atoms with Crippen molar-refractivity contribution in [2.75, 3.05) is 24.2 Å². The molecule has 0 saturated heterocycles. The number of fused-ring (bicyclic) bond motifs is 1. The van der Waals surface area contributed by atoms with Crippen LogP contribution in [0.5, 0.6) is 0 Å². The summed E-state index contributed by atoms with van der Waals surface area (Å²) in [4.78, 5) is 1.98. The summed E-state index contributed by atoms with van der Waals surface area (Å²) in [6.45, 7) is 0.581. The lowest BCUT2D eigenvalue weighted by Crippen LogP contribution is -2.20. The average Bonchev–Trinajstić information content (AvgIpc) is 2.36. The van der Waals surface area contributed by atoms with Crippen molar-refractivity contribution < 1.29 is 13.0 Å². The van der Waals surface area contributed by atoms with E-state index in [1.165, 1.54) is 5.39 Å². The van der Waals surface area contributed by atoms with E-state index in [1.54, 1.807) is 0 Å². The van der Waals surface area contributed by atoms with Crippen molar-refractivity contribution in [3.63, 3.8) is 0 Å². The molecule has 0 unspecified atom stereocenters. The Morgan fingerprint density at radius 1 is 1.11 bits per heavy atom. The molecule has 0 fully saturated rings. The van der Waals surface area contributed by atoms with Gasteiger partial charge in [0.25, 0.3) is 10.1 Å². The lowest BCUT2D eigenvalue weighted by molar-refractivity contribution is 0.481. The minimum Gasteiger partial charge on any atom is -0.375 e. The van der Waals surface area contributed by atoms with Crippen LogP contribution in [-0.4, -0.2) is 32.3 Å². The van der Waals surface area contributed by atoms with Crippen LogP contribution in [0.25, 0.3) is 10.8 Å². The summed E-state index contributed by atoms with van der Waals surface area (Å²) in [5.74, 6) is -0.203. The van der Waals surface area contributed by atoms with Crippen LogP contribution in [0.2, 0.25) is 0 Å². The maximum atomic E-state index is 10.7. The topological polar surface area (TPSA) is 57.6 Å². The third kappa shape index (κ3) is 3.94. The lowest BCUT2D eigenvalue weighted by atomic mass is 10.1. The van der Waals surface area contributed by atoms with Crippen molar-refractivity contribution >= 4 is 26.6 Å². The summed E-state index contributed by atoms with van der Waals surface area (Å²) in [5, 5.41) is 2.33. The predicted octanol–water partition coefficient (Wildman–Crippen LogP) is 2.55. The van der Waals surface area contributed by atoms with E-state index in [0.29, 0.717) is 13.0 Å². The number of anilines is 1. The van der Waals surface area contributed by atoms with Crippen LogP contribution in [0.1, 0.15) is 6.42 Å². The molecule has 0 saturated carbocycles. The second kappa shape index (κ2) is 5.59. The van der Waals surface area contributed by atoms with E-state index in [-0.39, 0.29) is 5.75 Å². The molecular formula is C14H17NO3S. The number of hydrogen-bond acceptors (Lipinski definition) is 3. The van der Waals surface area contributed by atoms with Crippen LogP contribution in [0, 0.1) is 0 Å². The zero-order chi connectivity index (χ0) is 13.9. The summed E-state index contributed by atoms with van der Waals surface area (Å²) in [6.07, 6.45) is 0.405. The summed E-state index contributed by atoms with van der Waals surface area (Å²) in [7, 11) is -1.95. The van der Waals surface area contributed by atoms with E-state index in [4.69, 9.17) is 4.55 Å². The van der Waals surface area contributed by atoms with Gasteiger partial charge in [0.15, 0.2) is 0 Å². The fourth-order valence-corrected chi connectivity index (χ4v) is 2.52. The maximum absolute atomic E-state index is 10.7. The van der Waals surface area contributed by atoms with Gasteiger partial charge in [0.05, 0.1) is 5.75 Å². The zero-order valence-electron chi connectivity index (χ0n) is 10.8. The third-order valence-corrected chi connectivity index (χ3v) is 3.87. The fourth-order valence-electron chi connectivity index (χ4n) is 2.03. The molecule has 2 aromatic rings. The van der Waals surface area contributed by atoms with Gasteiger partial charge in [-0.25, -0.2) is 0 Å². The van der Waals surface area contributed by atoms with Gasteiger partial charge in [-0.15, -0.1) is 0 Å². The molecule has 0 aliphatic carbocycles. The van der Waals surface area contributed by atoms with Crippen LogP contribution >= 0.6 is 0 Å². The highest BCUT2D eigenvalue weighted by Gasteiger charge is 2.06. The predicted molar refractivity (Wildman–Crippen MR) is 78.3 cm³/mol. The number of hydrogen-bond donors (Lipinski definition) is 1. The normalized spacial score (nSPS) is 11.7. The van der Waals surface area contributed by atoms with Gasteiger partial charge in [0.1, 0.15) is 0 Å². The van der Waals surface area contributed by atoms with Crippen LogP contribution in [0.3, 0.4) is 0 Å². The first-order valence-corrected chi connectivity index (χ1v) is 7.72. The molecule has 19 heavy (non-hydrogen) atoms. The highest BCUT2D eigenvalue weighted by Crippen LogP contribution is 2.21. The molecule has 0 aliphatic rings. The molecule has 5 heteroatoms. The Balaban J connectivity index is 2.06. The molecule has 0 aromatic heterocycles. The van der Waals surface area contributed by atoms with E-state index in [9.17, 15) is 8.42 Å². The Bertz CT molecular complexity index is 667. The second-order valence-electron chi connectivity index (χ2n) is 4.59. The summed E-state index contributed by atoms with van der Waals surface area (Å²) >= 11 is 0. The van der Waals surface area contributed by atoms with E-state index < -0.39 is 10.1 Å². The molecule has 0 radical (unpaired) electrons. The fraction of sp³-hybridized carbons (Fsp3) is 0.286. The third-order valence-electron chi connectivity index (χ3n) is 3.07. The molecular weight excluding hydrogens is 262 g/mol. The van der Waals surface area contributed by atoms with E-state index in [1.807, 2.05) is 42.3 Å². The first-order chi connectivity index (χ1) is 8.96. The Morgan fingerprint density at radius 2 is 1.79 bits per heavy atom. The average molecular weight is 279 g/mol. The van der Waals surface area contributed by atoms with Gasteiger partial charge in [-0.05, 0) is 29.3 Å². The Kier molecular flexibility index (Phi) is 4.07. The van der Waals surface area contributed by atoms with Crippen molar-refractivity contribution in [2.45, 2.75) is 6.42 Å². The van der Waals surface area contributed by atoms with E-state index in [2.05, 4.69) is 12.1 Å². The molecule has 0 spiro atoms. The summed E-state index contributed by atoms with van der Waals surface area (Å²) in [6, 6.07) is 14.2. The van der Waals surface area contributed by atoms with Gasteiger partial charge in [0, 0.05) is 19.3 Å². The minimum absolute atomic E-state index is 0.203. The van der Waals surface area contributed by atoms with Crippen molar-refractivity contribution in [2.24, 2.45) is 0 Å². The number of benzene rings is 2. The summed E-state index contributed by atoms with van der Waals surface area (Å²) < 4.78 is 30.0. The molecule has 0 aliphatic heterocycles. The first-order valence-electron chi connectivity index (χ1n) is 6.11. The van der Waals surface area contributed by atoms with Crippen molar-refractivity contribution in [3.05, 3.63) is 42.5 Å². The van der Waals surface area contributed by atoms with E-state index >= 15 is 0 Å². The highest BCUT2D eigenvalue weighted by atomic mass is 32.2. The molecule has 0 heterocycles. The van der Waals surface area contributed by atoms with Crippen molar-refractivity contribution in [1.82, 2.24) is 0 Å². The monoisotopic (exact) mass is 279 g/mol. The van der Waals surface area contributed by atoms with Gasteiger partial charge in [-0.3, -0.25) is 4.55 Å². The molecule has 2 rings (SSSR count). The SMILES string of the molecule is CN(CCCS(=O)(=O)O)c1ccc2ccccc2c1. The Morgan fingerprint density at radius 3 is 2.47 bits per heavy atom. The second-order valence-corrected chi connectivity index (χ2v) is 6.16. The minimum atomic E-state index is -3.86. The molecule has 4 nitrogen and oxygen atoms in total. The first kappa shape index (κ1) is 13.8. The molecule has 0 amide bonds. The molecule has 2 aromatic carbocycles. The molecule has 0 bridgehead atoms. The molecule has 102 valence electrons. The molecule has 0 atom stereocenters. The Hall–Kier alpha value is -1.59. The van der Waals surface area contributed by atoms with Crippen LogP contribution in [0.4, 0.5) is 5.69 Å². The maximum Gasteiger partial charge on any atom is 0.264 e. The van der Waals surface area contributed by atoms with Crippen LogP contribution < -0.4 is 4.90 Å². The standard InChI is InChI=1S/C14H17NO3S/c1-15(9-4-10-19(16,17)18)14-8-7-12-5-2-3-6-13(12)11-14/h2-3,5-8,11H,4,9-10H2,1H3,(H,16,17,18). The van der Waals surface area contributed by atoms with Gasteiger partial charge in [0.2, 0.25) is 0 Å². The number of rotatable bonds is 5. The largest absolute Gasteiger partial charge is 0.375 e. The highest BCUT2D eigenvalue weighted by molar-refractivity contribution is 7.85. The smallest absolute Gasteiger partial charge is 0.264 e. The summed E-state index contributed by atoms with van der Waals surface area (Å²) in [5.41, 5.74) is 1.04. The van der Waals surface area contributed by atoms with Gasteiger partial charge >= 0.3 is 0 Å². The van der Waals surface area contributed by atoms with Gasteiger partial charge in [-0.1, -0.05) is 30.3 Å². The quantitative estimate of drug-likeness (QED) is 0.855. The van der Waals surface area contributed by atoms with Crippen molar-refractivity contribution in [1.29, 1.82) is 0 Å². The van der Waals surface area contributed by atoms with Crippen LogP contribution in [-0.2, 0) is 10.1 Å². The Labute approximate surface area is 113 Å². The van der Waals surface area contributed by atoms with Gasteiger partial charge in [-0.2, -0.15) is 8.42 Å².